The molecule has 138 valence electrons. The maximum atomic E-state index is 12.8. The SMILES string of the molecule is CN1CCN(c2ccc(S(=O)(=O)N3CCN(CC=O)CC3)cc2)CC1. The van der Waals surface area contributed by atoms with E-state index in [1.807, 2.05) is 17.0 Å². The molecule has 0 aliphatic carbocycles. The number of carbonyl (C=O) groups excluding carboxylic acids is 1. The number of aldehydes is 1. The Hall–Kier alpha value is -1.48. The summed E-state index contributed by atoms with van der Waals surface area (Å²) in [6, 6.07) is 7.23. The topological polar surface area (TPSA) is 64.2 Å². The average Bonchev–Trinajstić information content (AvgIpc) is 2.63. The Balaban J connectivity index is 1.66. The molecule has 0 bridgehead atoms. The lowest BCUT2D eigenvalue weighted by Gasteiger charge is -2.34. The monoisotopic (exact) mass is 366 g/mol. The van der Waals surface area contributed by atoms with E-state index in [1.54, 1.807) is 12.1 Å². The molecule has 3 rings (SSSR count). The van der Waals surface area contributed by atoms with Crippen molar-refractivity contribution >= 4 is 22.0 Å². The summed E-state index contributed by atoms with van der Waals surface area (Å²) in [6.07, 6.45) is 0.862. The molecule has 2 heterocycles. The third kappa shape index (κ3) is 4.20. The Morgan fingerprint density at radius 1 is 0.920 bits per heavy atom. The third-order valence-corrected chi connectivity index (χ3v) is 6.92. The number of piperazine rings is 2. The zero-order chi connectivity index (χ0) is 17.9. The van der Waals surface area contributed by atoms with Crippen LogP contribution < -0.4 is 4.90 Å². The summed E-state index contributed by atoms with van der Waals surface area (Å²) in [4.78, 5) is 17.5. The first-order chi connectivity index (χ1) is 12.0. The Morgan fingerprint density at radius 3 is 2.08 bits per heavy atom. The van der Waals surface area contributed by atoms with Gasteiger partial charge in [-0.05, 0) is 31.3 Å². The van der Waals surface area contributed by atoms with Gasteiger partial charge in [0.1, 0.15) is 6.29 Å². The van der Waals surface area contributed by atoms with Crippen LogP contribution in [-0.2, 0) is 14.8 Å². The van der Waals surface area contributed by atoms with Gasteiger partial charge in [-0.3, -0.25) is 4.90 Å². The minimum absolute atomic E-state index is 0.342. The molecular weight excluding hydrogens is 340 g/mol. The minimum Gasteiger partial charge on any atom is -0.369 e. The Kier molecular flexibility index (Phi) is 5.73. The standard InChI is InChI=1S/C17H26N4O3S/c1-18-6-10-20(11-7-18)16-2-4-17(5-3-16)25(23,24)21-12-8-19(9-13-21)14-15-22/h2-5,15H,6-14H2,1H3. The van der Waals surface area contributed by atoms with Crippen LogP contribution in [0.25, 0.3) is 0 Å². The van der Waals surface area contributed by atoms with Gasteiger partial charge in [0, 0.05) is 58.0 Å². The largest absolute Gasteiger partial charge is 0.369 e. The molecule has 0 atom stereocenters. The van der Waals surface area contributed by atoms with Crippen LogP contribution in [-0.4, -0.2) is 94.8 Å². The summed E-state index contributed by atoms with van der Waals surface area (Å²) >= 11 is 0. The number of benzene rings is 1. The second-order valence-corrected chi connectivity index (χ2v) is 8.59. The first-order valence-electron chi connectivity index (χ1n) is 8.70. The zero-order valence-electron chi connectivity index (χ0n) is 14.7. The van der Waals surface area contributed by atoms with Gasteiger partial charge >= 0.3 is 0 Å². The van der Waals surface area contributed by atoms with E-state index in [4.69, 9.17) is 0 Å². The summed E-state index contributed by atoms with van der Waals surface area (Å²) in [5.41, 5.74) is 1.07. The van der Waals surface area contributed by atoms with Gasteiger partial charge in [0.15, 0.2) is 0 Å². The Labute approximate surface area is 149 Å². The van der Waals surface area contributed by atoms with Crippen LogP contribution in [0.5, 0.6) is 0 Å². The second-order valence-electron chi connectivity index (χ2n) is 6.66. The molecule has 1 aromatic rings. The van der Waals surface area contributed by atoms with Crippen molar-refractivity contribution in [3.63, 3.8) is 0 Å². The number of nitrogens with zero attached hydrogens (tertiary/aromatic N) is 4. The van der Waals surface area contributed by atoms with E-state index in [9.17, 15) is 13.2 Å². The Morgan fingerprint density at radius 2 is 1.52 bits per heavy atom. The van der Waals surface area contributed by atoms with E-state index in [-0.39, 0.29) is 0 Å². The van der Waals surface area contributed by atoms with Crippen molar-refractivity contribution in [3.8, 4) is 0 Å². The zero-order valence-corrected chi connectivity index (χ0v) is 15.5. The number of carbonyl (C=O) groups is 1. The van der Waals surface area contributed by atoms with Crippen LogP contribution in [0.15, 0.2) is 29.2 Å². The molecule has 1 aromatic carbocycles. The van der Waals surface area contributed by atoms with Crippen LogP contribution >= 0.6 is 0 Å². The summed E-state index contributed by atoms with van der Waals surface area (Å²) in [7, 11) is -1.35. The van der Waals surface area contributed by atoms with Crippen molar-refractivity contribution in [2.45, 2.75) is 4.90 Å². The third-order valence-electron chi connectivity index (χ3n) is 5.01. The first kappa shape index (κ1) is 18.3. The molecule has 2 fully saturated rings. The maximum Gasteiger partial charge on any atom is 0.243 e. The van der Waals surface area contributed by atoms with Gasteiger partial charge in [-0.1, -0.05) is 0 Å². The number of sulfonamides is 1. The lowest BCUT2D eigenvalue weighted by Crippen LogP contribution is -2.48. The van der Waals surface area contributed by atoms with Gasteiger partial charge < -0.3 is 14.6 Å². The highest BCUT2D eigenvalue weighted by Crippen LogP contribution is 2.22. The van der Waals surface area contributed by atoms with Crippen molar-refractivity contribution in [2.75, 3.05) is 70.9 Å². The fourth-order valence-electron chi connectivity index (χ4n) is 3.30. The van der Waals surface area contributed by atoms with E-state index < -0.39 is 10.0 Å². The van der Waals surface area contributed by atoms with Crippen LogP contribution in [0.4, 0.5) is 5.69 Å². The van der Waals surface area contributed by atoms with E-state index >= 15 is 0 Å². The second kappa shape index (κ2) is 7.82. The van der Waals surface area contributed by atoms with Gasteiger partial charge in [0.2, 0.25) is 10.0 Å². The predicted molar refractivity (Wildman–Crippen MR) is 97.4 cm³/mol. The van der Waals surface area contributed by atoms with Crippen LogP contribution in [0, 0.1) is 0 Å². The number of rotatable bonds is 5. The highest BCUT2D eigenvalue weighted by Gasteiger charge is 2.28. The average molecular weight is 366 g/mol. The van der Waals surface area contributed by atoms with E-state index in [2.05, 4.69) is 16.8 Å². The number of hydrogen-bond donors (Lipinski definition) is 0. The molecule has 2 aliphatic rings. The molecule has 0 amide bonds. The van der Waals surface area contributed by atoms with Crippen LogP contribution in [0.2, 0.25) is 0 Å². The van der Waals surface area contributed by atoms with Crippen molar-refractivity contribution in [1.82, 2.24) is 14.1 Å². The minimum atomic E-state index is -3.47. The molecule has 0 spiro atoms. The molecule has 0 radical (unpaired) electrons. The van der Waals surface area contributed by atoms with Gasteiger partial charge in [-0.25, -0.2) is 8.42 Å². The van der Waals surface area contributed by atoms with Gasteiger partial charge in [-0.15, -0.1) is 0 Å². The molecule has 0 N–H and O–H groups in total. The fraction of sp³-hybridized carbons (Fsp3) is 0.588. The predicted octanol–water partition coefficient (Wildman–Crippen LogP) is -0.0564. The summed E-state index contributed by atoms with van der Waals surface area (Å²) < 4.78 is 27.1. The van der Waals surface area contributed by atoms with Gasteiger partial charge in [0.25, 0.3) is 0 Å². The first-order valence-corrected chi connectivity index (χ1v) is 10.1. The van der Waals surface area contributed by atoms with Crippen molar-refractivity contribution in [2.24, 2.45) is 0 Å². The van der Waals surface area contributed by atoms with Crippen molar-refractivity contribution in [3.05, 3.63) is 24.3 Å². The normalized spacial score (nSPS) is 21.4. The van der Waals surface area contributed by atoms with Gasteiger partial charge in [-0.2, -0.15) is 4.31 Å². The quantitative estimate of drug-likeness (QED) is 0.681. The fourth-order valence-corrected chi connectivity index (χ4v) is 4.72. The summed E-state index contributed by atoms with van der Waals surface area (Å²) in [6.45, 7) is 6.37. The highest BCUT2D eigenvalue weighted by atomic mass is 32.2. The summed E-state index contributed by atoms with van der Waals surface area (Å²) in [5.74, 6) is 0. The Bertz CT molecular complexity index is 676. The molecule has 0 aromatic heterocycles. The molecule has 0 unspecified atom stereocenters. The van der Waals surface area contributed by atoms with E-state index in [0.717, 1.165) is 38.2 Å². The molecule has 0 saturated carbocycles. The lowest BCUT2D eigenvalue weighted by atomic mass is 10.2. The smallest absolute Gasteiger partial charge is 0.243 e. The van der Waals surface area contributed by atoms with Crippen LogP contribution in [0.3, 0.4) is 0 Å². The molecular formula is C17H26N4O3S. The number of hydrogen-bond acceptors (Lipinski definition) is 6. The van der Waals surface area contributed by atoms with Crippen LogP contribution in [0.1, 0.15) is 0 Å². The van der Waals surface area contributed by atoms with E-state index in [0.29, 0.717) is 37.6 Å². The van der Waals surface area contributed by atoms with Crippen molar-refractivity contribution in [1.29, 1.82) is 0 Å². The lowest BCUT2D eigenvalue weighted by molar-refractivity contribution is -0.109. The number of anilines is 1. The molecule has 7 nitrogen and oxygen atoms in total. The highest BCUT2D eigenvalue weighted by molar-refractivity contribution is 7.89. The van der Waals surface area contributed by atoms with E-state index in [1.165, 1.54) is 4.31 Å². The maximum absolute atomic E-state index is 12.8. The molecule has 8 heteroatoms. The molecule has 2 saturated heterocycles. The molecule has 25 heavy (non-hydrogen) atoms. The van der Waals surface area contributed by atoms with Gasteiger partial charge in [0.05, 0.1) is 11.4 Å². The number of likely N-dealkylation sites (N-methyl/N-ethyl adjacent to an activating group) is 1. The summed E-state index contributed by atoms with van der Waals surface area (Å²) in [5, 5.41) is 0. The van der Waals surface area contributed by atoms with Crippen molar-refractivity contribution < 1.29 is 13.2 Å². The molecule has 2 aliphatic heterocycles.